The lowest BCUT2D eigenvalue weighted by atomic mass is 9.93. The van der Waals surface area contributed by atoms with Crippen LogP contribution < -0.4 is 4.90 Å². The lowest BCUT2D eigenvalue weighted by Crippen LogP contribution is -3.06. The fourth-order valence-corrected chi connectivity index (χ4v) is 0.757. The molecule has 0 saturated heterocycles. The minimum Gasteiger partial charge on any atom is -0.376 e. The van der Waals surface area contributed by atoms with E-state index in [1.807, 2.05) is 0 Å². The van der Waals surface area contributed by atoms with Gasteiger partial charge in [-0.2, -0.15) is 0 Å². The van der Waals surface area contributed by atoms with E-state index in [9.17, 15) is 0 Å². The molecule has 2 nitrogen and oxygen atoms in total. The van der Waals surface area contributed by atoms with E-state index in [0.717, 1.165) is 26.2 Å². The molecule has 74 valence electrons. The van der Waals surface area contributed by atoms with Crippen LogP contribution in [0.3, 0.4) is 0 Å². The maximum absolute atomic E-state index is 5.50. The number of nitrogens with one attached hydrogen (secondary N) is 1. The summed E-state index contributed by atoms with van der Waals surface area (Å²) in [6.07, 6.45) is 1.15. The summed E-state index contributed by atoms with van der Waals surface area (Å²) >= 11 is 0. The fraction of sp³-hybridized carbons (Fsp3) is 1.00. The van der Waals surface area contributed by atoms with E-state index < -0.39 is 0 Å². The summed E-state index contributed by atoms with van der Waals surface area (Å²) in [6.45, 7) is 9.62. The molecule has 0 aromatic carbocycles. The van der Waals surface area contributed by atoms with Crippen molar-refractivity contribution in [2.45, 2.75) is 27.2 Å². The highest BCUT2D eigenvalue weighted by molar-refractivity contribution is 4.59. The molecule has 0 amide bonds. The van der Waals surface area contributed by atoms with Gasteiger partial charge in [-0.25, -0.2) is 0 Å². The van der Waals surface area contributed by atoms with Gasteiger partial charge in [0.1, 0.15) is 6.54 Å². The van der Waals surface area contributed by atoms with Crippen molar-refractivity contribution in [3.63, 3.8) is 0 Å². The van der Waals surface area contributed by atoms with Crippen LogP contribution in [0, 0.1) is 5.41 Å². The number of hydrogen-bond acceptors (Lipinski definition) is 1. The lowest BCUT2D eigenvalue weighted by molar-refractivity contribution is -0.858. The molecule has 0 fully saturated rings. The van der Waals surface area contributed by atoms with Crippen molar-refractivity contribution in [3.05, 3.63) is 0 Å². The molecule has 0 bridgehead atoms. The van der Waals surface area contributed by atoms with Crippen LogP contribution in [-0.2, 0) is 4.74 Å². The van der Waals surface area contributed by atoms with Crippen molar-refractivity contribution in [1.29, 1.82) is 0 Å². The van der Waals surface area contributed by atoms with Crippen molar-refractivity contribution in [2.24, 2.45) is 5.41 Å². The lowest BCUT2D eigenvalue weighted by Gasteiger charge is -2.17. The maximum atomic E-state index is 5.50. The fourth-order valence-electron chi connectivity index (χ4n) is 0.757. The molecule has 12 heavy (non-hydrogen) atoms. The first-order valence-corrected chi connectivity index (χ1v) is 4.78. The van der Waals surface area contributed by atoms with Crippen LogP contribution in [0.1, 0.15) is 27.2 Å². The van der Waals surface area contributed by atoms with Gasteiger partial charge < -0.3 is 9.64 Å². The van der Waals surface area contributed by atoms with Crippen LogP contribution in [-0.4, -0.2) is 33.9 Å². The monoisotopic (exact) mass is 174 g/mol. The third-order valence-corrected chi connectivity index (χ3v) is 1.74. The average molecular weight is 174 g/mol. The van der Waals surface area contributed by atoms with Crippen LogP contribution in [0.4, 0.5) is 0 Å². The normalized spacial score (nSPS) is 12.5. The van der Waals surface area contributed by atoms with E-state index in [4.69, 9.17) is 4.74 Å². The van der Waals surface area contributed by atoms with Gasteiger partial charge in [-0.15, -0.1) is 0 Å². The van der Waals surface area contributed by atoms with Gasteiger partial charge in [0.15, 0.2) is 0 Å². The minimum absolute atomic E-state index is 0.408. The number of quaternary nitrogens is 1. The van der Waals surface area contributed by atoms with Crippen LogP contribution in [0.15, 0.2) is 0 Å². The predicted octanol–water partition coefficient (Wildman–Crippen LogP) is 0.584. The van der Waals surface area contributed by atoms with Gasteiger partial charge in [-0.3, -0.25) is 0 Å². The zero-order chi connectivity index (χ0) is 9.61. The SMILES string of the molecule is C[NH+](C)CCOCCC(C)(C)C. The molecule has 1 N–H and O–H groups in total. The Labute approximate surface area is 76.9 Å². The molecule has 0 aromatic heterocycles. The second-order valence-electron chi connectivity index (χ2n) is 4.88. The Bertz CT molecular complexity index is 105. The Morgan fingerprint density at radius 1 is 1.08 bits per heavy atom. The Kier molecular flexibility index (Phi) is 5.51. The third-order valence-electron chi connectivity index (χ3n) is 1.74. The van der Waals surface area contributed by atoms with E-state index in [1.54, 1.807) is 0 Å². The van der Waals surface area contributed by atoms with Crippen molar-refractivity contribution in [1.82, 2.24) is 0 Å². The molecular weight excluding hydrogens is 150 g/mol. The zero-order valence-corrected chi connectivity index (χ0v) is 9.24. The highest BCUT2D eigenvalue weighted by Crippen LogP contribution is 2.17. The second-order valence-corrected chi connectivity index (χ2v) is 4.88. The second kappa shape index (κ2) is 5.55. The Morgan fingerprint density at radius 3 is 2.08 bits per heavy atom. The third kappa shape index (κ3) is 9.92. The summed E-state index contributed by atoms with van der Waals surface area (Å²) < 4.78 is 5.50. The Balaban J connectivity index is 3.12. The number of hydrogen-bond donors (Lipinski definition) is 1. The molecule has 0 rings (SSSR count). The van der Waals surface area contributed by atoms with E-state index in [2.05, 4.69) is 34.9 Å². The van der Waals surface area contributed by atoms with Gasteiger partial charge in [0.2, 0.25) is 0 Å². The molecule has 0 aromatic rings. The molecular formula is C10H24NO+. The molecule has 2 heteroatoms. The van der Waals surface area contributed by atoms with Gasteiger partial charge in [-0.05, 0) is 11.8 Å². The molecule has 0 aliphatic carbocycles. The van der Waals surface area contributed by atoms with Gasteiger partial charge in [-0.1, -0.05) is 20.8 Å². The number of rotatable bonds is 5. The van der Waals surface area contributed by atoms with Crippen LogP contribution in [0.25, 0.3) is 0 Å². The summed E-state index contributed by atoms with van der Waals surface area (Å²) in [5, 5.41) is 0. The van der Waals surface area contributed by atoms with Gasteiger partial charge in [0, 0.05) is 6.61 Å². The molecule has 0 aliphatic rings. The molecule has 0 spiro atoms. The van der Waals surface area contributed by atoms with Crippen LogP contribution >= 0.6 is 0 Å². The van der Waals surface area contributed by atoms with Gasteiger partial charge in [0.05, 0.1) is 20.7 Å². The first-order chi connectivity index (χ1) is 5.42. The summed E-state index contributed by atoms with van der Waals surface area (Å²) in [7, 11) is 4.29. The minimum atomic E-state index is 0.408. The van der Waals surface area contributed by atoms with Gasteiger partial charge in [0.25, 0.3) is 0 Å². The molecule has 0 saturated carbocycles. The Hall–Kier alpha value is -0.0800. The molecule has 0 aliphatic heterocycles. The molecule has 0 heterocycles. The molecule has 0 unspecified atom stereocenters. The average Bonchev–Trinajstić information content (AvgIpc) is 1.83. The highest BCUT2D eigenvalue weighted by Gasteiger charge is 2.09. The highest BCUT2D eigenvalue weighted by atomic mass is 16.5. The van der Waals surface area contributed by atoms with Crippen molar-refractivity contribution in [3.8, 4) is 0 Å². The molecule has 0 radical (unpaired) electrons. The van der Waals surface area contributed by atoms with E-state index in [-0.39, 0.29) is 0 Å². The maximum Gasteiger partial charge on any atom is 0.100 e. The van der Waals surface area contributed by atoms with Gasteiger partial charge >= 0.3 is 0 Å². The molecule has 0 atom stereocenters. The van der Waals surface area contributed by atoms with Crippen LogP contribution in [0.5, 0.6) is 0 Å². The van der Waals surface area contributed by atoms with Crippen molar-refractivity contribution in [2.75, 3.05) is 33.9 Å². The van der Waals surface area contributed by atoms with Crippen LogP contribution in [0.2, 0.25) is 0 Å². The smallest absolute Gasteiger partial charge is 0.100 e. The first kappa shape index (κ1) is 11.9. The number of ether oxygens (including phenoxy) is 1. The topological polar surface area (TPSA) is 13.7 Å². The van der Waals surface area contributed by atoms with E-state index in [1.165, 1.54) is 4.90 Å². The summed E-state index contributed by atoms with van der Waals surface area (Å²) in [4.78, 5) is 1.45. The standard InChI is InChI=1S/C10H23NO/c1-10(2,3)6-8-12-9-7-11(4)5/h6-9H2,1-5H3/p+1. The zero-order valence-electron chi connectivity index (χ0n) is 9.24. The first-order valence-electron chi connectivity index (χ1n) is 4.78. The van der Waals surface area contributed by atoms with E-state index in [0.29, 0.717) is 5.41 Å². The van der Waals surface area contributed by atoms with E-state index >= 15 is 0 Å². The number of likely N-dealkylation sites (N-methyl/N-ethyl adjacent to an activating group) is 1. The quantitative estimate of drug-likeness (QED) is 0.602. The largest absolute Gasteiger partial charge is 0.376 e. The Morgan fingerprint density at radius 2 is 1.67 bits per heavy atom. The van der Waals surface area contributed by atoms with Crippen molar-refractivity contribution >= 4 is 0 Å². The van der Waals surface area contributed by atoms with Crippen molar-refractivity contribution < 1.29 is 9.64 Å². The summed E-state index contributed by atoms with van der Waals surface area (Å²) in [5.74, 6) is 0. The summed E-state index contributed by atoms with van der Waals surface area (Å²) in [6, 6.07) is 0. The predicted molar refractivity (Wildman–Crippen MR) is 52.6 cm³/mol. The summed E-state index contributed by atoms with van der Waals surface area (Å²) in [5.41, 5.74) is 0.408.